The number of fused-ring (bicyclic) bond motifs is 1. The number of allylic oxidation sites excluding steroid dienone is 2. The van der Waals surface area contributed by atoms with E-state index in [2.05, 4.69) is 62.1 Å². The van der Waals surface area contributed by atoms with Gasteiger partial charge in [0, 0.05) is 54.6 Å². The minimum Gasteiger partial charge on any atom is -0.339 e. The number of nitrogens with zero attached hydrogens (tertiary/aromatic N) is 5. The number of benzene rings is 3. The van der Waals surface area contributed by atoms with E-state index in [0.29, 0.717) is 35.8 Å². The van der Waals surface area contributed by atoms with E-state index in [9.17, 15) is 9.18 Å². The number of aryl methyl sites for hydroxylation is 2. The zero-order valence-corrected chi connectivity index (χ0v) is 25.7. The highest BCUT2D eigenvalue weighted by Gasteiger charge is 2.32. The summed E-state index contributed by atoms with van der Waals surface area (Å²) in [7, 11) is 1.84. The normalized spacial score (nSPS) is 15.0. The van der Waals surface area contributed by atoms with Crippen molar-refractivity contribution < 1.29 is 9.18 Å². The summed E-state index contributed by atoms with van der Waals surface area (Å²) in [4.78, 5) is 23.1. The van der Waals surface area contributed by atoms with Gasteiger partial charge in [0.2, 0.25) is 0 Å². The van der Waals surface area contributed by atoms with Gasteiger partial charge in [-0.1, -0.05) is 54.6 Å². The van der Waals surface area contributed by atoms with Crippen LogP contribution in [0.4, 0.5) is 10.1 Å². The lowest BCUT2D eigenvalue weighted by Crippen LogP contribution is -2.41. The SMILES string of the molecule is CC=C(C1CCN(C(=O)c2cccc3c(-c4cccc(F)c4)nn(C)c23)CC1)N(c1ccccc1C)C(C)c1ccccn1. The van der Waals surface area contributed by atoms with Crippen molar-refractivity contribution in [2.45, 2.75) is 39.7 Å². The number of pyridine rings is 1. The van der Waals surface area contributed by atoms with E-state index >= 15 is 0 Å². The molecule has 7 heteroatoms. The molecule has 3 heterocycles. The van der Waals surface area contributed by atoms with Gasteiger partial charge in [-0.15, -0.1) is 0 Å². The van der Waals surface area contributed by atoms with Crippen molar-refractivity contribution in [2.24, 2.45) is 13.0 Å². The summed E-state index contributed by atoms with van der Waals surface area (Å²) in [5.41, 5.74) is 7.42. The Morgan fingerprint density at radius 3 is 2.45 bits per heavy atom. The molecule has 1 aliphatic rings. The summed E-state index contributed by atoms with van der Waals surface area (Å²) in [5, 5.41) is 5.53. The minimum atomic E-state index is -0.313. The lowest BCUT2D eigenvalue weighted by atomic mass is 9.90. The first-order valence-corrected chi connectivity index (χ1v) is 15.3. The first-order chi connectivity index (χ1) is 21.4. The lowest BCUT2D eigenvalue weighted by Gasteiger charge is -2.41. The molecular weight excluding hydrogens is 549 g/mol. The van der Waals surface area contributed by atoms with Gasteiger partial charge in [0.1, 0.15) is 11.5 Å². The molecule has 5 aromatic rings. The van der Waals surface area contributed by atoms with Crippen LogP contribution in [0.25, 0.3) is 22.2 Å². The van der Waals surface area contributed by atoms with Crippen LogP contribution in [0.2, 0.25) is 0 Å². The Labute approximate surface area is 258 Å². The number of para-hydroxylation sites is 2. The summed E-state index contributed by atoms with van der Waals surface area (Å²) in [6.07, 6.45) is 5.81. The smallest absolute Gasteiger partial charge is 0.256 e. The van der Waals surface area contributed by atoms with Gasteiger partial charge in [-0.25, -0.2) is 4.39 Å². The van der Waals surface area contributed by atoms with Gasteiger partial charge >= 0.3 is 0 Å². The molecule has 0 saturated carbocycles. The summed E-state index contributed by atoms with van der Waals surface area (Å²) >= 11 is 0. The maximum atomic E-state index is 14.0. The highest BCUT2D eigenvalue weighted by molar-refractivity contribution is 6.08. The number of piperidine rings is 1. The number of rotatable bonds is 7. The Hall–Kier alpha value is -4.78. The number of amides is 1. The molecule has 1 atom stereocenters. The molecule has 6 rings (SSSR count). The fourth-order valence-electron chi connectivity index (χ4n) is 6.64. The highest BCUT2D eigenvalue weighted by atomic mass is 19.1. The standard InChI is InChI=1S/C37H38FN5O/c1-5-33(43(34-18-7-6-12-25(34)2)26(3)32-17-8-9-21-39-32)27-19-22-42(23-20-27)37(44)31-16-11-15-30-35(40-41(4)36(30)31)28-13-10-14-29(38)24-28/h5-18,21,24,26-27H,19-20,22-23H2,1-4H3. The Kier molecular flexibility index (Phi) is 8.29. The molecule has 0 spiro atoms. The van der Waals surface area contributed by atoms with Crippen LogP contribution in [0.15, 0.2) is 103 Å². The Morgan fingerprint density at radius 1 is 1.00 bits per heavy atom. The van der Waals surface area contributed by atoms with Crippen LogP contribution >= 0.6 is 0 Å². The average molecular weight is 588 g/mol. The van der Waals surface area contributed by atoms with E-state index in [4.69, 9.17) is 10.1 Å². The van der Waals surface area contributed by atoms with E-state index < -0.39 is 0 Å². The minimum absolute atomic E-state index is 0.00230. The van der Waals surface area contributed by atoms with E-state index in [1.54, 1.807) is 10.7 Å². The molecule has 2 aromatic heterocycles. The van der Waals surface area contributed by atoms with Crippen molar-refractivity contribution in [1.29, 1.82) is 0 Å². The lowest BCUT2D eigenvalue weighted by molar-refractivity contribution is 0.0702. The van der Waals surface area contributed by atoms with Crippen molar-refractivity contribution in [3.63, 3.8) is 0 Å². The van der Waals surface area contributed by atoms with Gasteiger partial charge in [0.05, 0.1) is 22.8 Å². The summed E-state index contributed by atoms with van der Waals surface area (Å²) in [5.74, 6) is -0.0169. The van der Waals surface area contributed by atoms with Crippen LogP contribution in [0.3, 0.4) is 0 Å². The Morgan fingerprint density at radius 2 is 1.75 bits per heavy atom. The number of halogens is 1. The number of carbonyl (C=O) groups is 1. The predicted octanol–water partition coefficient (Wildman–Crippen LogP) is 8.11. The quantitative estimate of drug-likeness (QED) is 0.193. The summed E-state index contributed by atoms with van der Waals surface area (Å²) in [6, 6.07) is 26.8. The fraction of sp³-hybridized carbons (Fsp3) is 0.270. The van der Waals surface area contributed by atoms with E-state index in [1.807, 2.05) is 54.5 Å². The molecule has 0 aliphatic carbocycles. The molecule has 0 bridgehead atoms. The van der Waals surface area contributed by atoms with Crippen LogP contribution in [0.5, 0.6) is 0 Å². The van der Waals surface area contributed by atoms with Crippen LogP contribution < -0.4 is 4.90 Å². The monoisotopic (exact) mass is 587 g/mol. The van der Waals surface area contributed by atoms with Crippen molar-refractivity contribution in [2.75, 3.05) is 18.0 Å². The molecule has 224 valence electrons. The van der Waals surface area contributed by atoms with Crippen molar-refractivity contribution in [3.05, 3.63) is 126 Å². The largest absolute Gasteiger partial charge is 0.339 e. The van der Waals surface area contributed by atoms with E-state index in [1.165, 1.54) is 29.1 Å². The zero-order valence-electron chi connectivity index (χ0n) is 25.7. The van der Waals surface area contributed by atoms with Gasteiger partial charge in [-0.2, -0.15) is 5.10 Å². The number of hydrogen-bond donors (Lipinski definition) is 0. The average Bonchev–Trinajstić information content (AvgIpc) is 3.40. The van der Waals surface area contributed by atoms with Gasteiger partial charge < -0.3 is 9.80 Å². The second-order valence-electron chi connectivity index (χ2n) is 11.6. The number of aromatic nitrogens is 3. The molecule has 6 nitrogen and oxygen atoms in total. The molecule has 0 N–H and O–H groups in total. The van der Waals surface area contributed by atoms with Crippen LogP contribution in [-0.2, 0) is 7.05 Å². The van der Waals surface area contributed by atoms with Crippen molar-refractivity contribution >= 4 is 22.5 Å². The van der Waals surface area contributed by atoms with Gasteiger partial charge in [0.25, 0.3) is 5.91 Å². The summed E-state index contributed by atoms with van der Waals surface area (Å²) < 4.78 is 15.8. The third-order valence-electron chi connectivity index (χ3n) is 8.85. The number of carbonyl (C=O) groups excluding carboxylic acids is 1. The molecule has 1 unspecified atom stereocenters. The van der Waals surface area contributed by atoms with Crippen LogP contribution in [-0.4, -0.2) is 38.7 Å². The number of likely N-dealkylation sites (tertiary alicyclic amines) is 1. The molecule has 3 aromatic carbocycles. The van der Waals surface area contributed by atoms with Crippen LogP contribution in [0.1, 0.15) is 54.3 Å². The second-order valence-corrected chi connectivity index (χ2v) is 11.6. The maximum absolute atomic E-state index is 14.0. The molecule has 1 fully saturated rings. The third-order valence-corrected chi connectivity index (χ3v) is 8.85. The van der Waals surface area contributed by atoms with Gasteiger partial charge in [-0.05, 0) is 75.6 Å². The van der Waals surface area contributed by atoms with Crippen molar-refractivity contribution in [3.8, 4) is 11.3 Å². The second kappa shape index (κ2) is 12.4. The Balaban J connectivity index is 1.25. The first kappa shape index (κ1) is 29.3. The molecule has 1 aliphatic heterocycles. The molecule has 44 heavy (non-hydrogen) atoms. The Bertz CT molecular complexity index is 1820. The zero-order chi connectivity index (χ0) is 30.8. The molecular formula is C37H38FN5O. The number of hydrogen-bond acceptors (Lipinski definition) is 4. The highest BCUT2D eigenvalue weighted by Crippen LogP contribution is 2.39. The number of anilines is 1. The first-order valence-electron chi connectivity index (χ1n) is 15.3. The predicted molar refractivity (Wildman–Crippen MR) is 175 cm³/mol. The molecule has 0 radical (unpaired) electrons. The molecule has 1 saturated heterocycles. The van der Waals surface area contributed by atoms with Crippen molar-refractivity contribution in [1.82, 2.24) is 19.7 Å². The fourth-order valence-corrected chi connectivity index (χ4v) is 6.64. The third kappa shape index (κ3) is 5.50. The van der Waals surface area contributed by atoms with Crippen LogP contribution in [0, 0.1) is 18.7 Å². The van der Waals surface area contributed by atoms with Gasteiger partial charge in [-0.3, -0.25) is 14.5 Å². The van der Waals surface area contributed by atoms with E-state index in [0.717, 1.165) is 29.4 Å². The van der Waals surface area contributed by atoms with E-state index in [-0.39, 0.29) is 17.8 Å². The summed E-state index contributed by atoms with van der Waals surface area (Å²) in [6.45, 7) is 7.80. The van der Waals surface area contributed by atoms with Gasteiger partial charge in [0.15, 0.2) is 0 Å². The maximum Gasteiger partial charge on any atom is 0.256 e. The topological polar surface area (TPSA) is 54.3 Å². The molecule has 1 amide bonds.